The Morgan fingerprint density at radius 2 is 2.80 bits per heavy atom. The molecule has 0 saturated heterocycles. The number of hydrogen-bond donors (Lipinski definition) is 0. The van der Waals surface area contributed by atoms with Crippen LogP contribution in [0.5, 0.6) is 0 Å². The van der Waals surface area contributed by atoms with E-state index in [1.807, 2.05) is 0 Å². The van der Waals surface area contributed by atoms with E-state index in [4.69, 9.17) is 0.879 Å². The molecular formula is CH2FNV2-. The molecule has 0 amide bonds. The topological polar surface area (TPSA) is 12.4 Å². The molecule has 5 heavy (non-hydrogen) atoms. The number of hydrogen-bond acceptors (Lipinski definition) is 1. The SMILES string of the molecule is [2H][V]=[N][CH-]F.[V]. The molecule has 29 valence electrons. The van der Waals surface area contributed by atoms with Crippen molar-refractivity contribution < 1.29 is 40.0 Å². The van der Waals surface area contributed by atoms with Crippen LogP contribution >= 0.6 is 0 Å². The van der Waals surface area contributed by atoms with Crippen molar-refractivity contribution in [3.8, 4) is 0 Å². The fourth-order valence-corrected chi connectivity index (χ4v) is 0. The monoisotopic (exact) mass is 150 g/mol. The molecule has 0 atom stereocenters. The summed E-state index contributed by atoms with van der Waals surface area (Å²) in [5, 5.41) is 0. The van der Waals surface area contributed by atoms with E-state index < -0.39 is 17.1 Å². The van der Waals surface area contributed by atoms with Crippen molar-refractivity contribution in [1.29, 1.82) is 0.879 Å². The molecule has 1 nitrogen and oxygen atoms in total. The Labute approximate surface area is 51.8 Å². The maximum absolute atomic E-state index is 10.6. The average Bonchev–Trinajstić information content (AvgIpc) is 1.41. The van der Waals surface area contributed by atoms with Crippen molar-refractivity contribution in [3.05, 3.63) is 6.80 Å². The van der Waals surface area contributed by atoms with E-state index in [1.54, 1.807) is 0 Å². The smallest absolute Gasteiger partial charge is 0 e. The number of halogens is 1. The van der Waals surface area contributed by atoms with Crippen molar-refractivity contribution in [3.63, 3.8) is 0 Å². The Hall–Kier alpha value is 0.899. The van der Waals surface area contributed by atoms with Crippen molar-refractivity contribution in [2.45, 2.75) is 0 Å². The van der Waals surface area contributed by atoms with Gasteiger partial charge in [0.1, 0.15) is 0 Å². The molecule has 0 bridgehead atoms. The van der Waals surface area contributed by atoms with Crippen LogP contribution in [0.4, 0.5) is 4.39 Å². The van der Waals surface area contributed by atoms with Crippen LogP contribution in [0, 0.1) is 6.80 Å². The zero-order chi connectivity index (χ0) is 4.12. The van der Waals surface area contributed by atoms with Crippen molar-refractivity contribution in [2.75, 3.05) is 0 Å². The molecule has 0 N–H and O–H groups in total. The van der Waals surface area contributed by atoms with E-state index in [-0.39, 0.29) is 25.4 Å². The Balaban J connectivity index is 0. The predicted molar refractivity (Wildman–Crippen MR) is 9.23 cm³/mol. The second-order valence-corrected chi connectivity index (χ2v) is 0.574. The van der Waals surface area contributed by atoms with Gasteiger partial charge in [-0.1, -0.05) is 0 Å². The summed E-state index contributed by atoms with van der Waals surface area (Å²) in [5.41, 5.74) is 0. The van der Waals surface area contributed by atoms with Gasteiger partial charge in [0.25, 0.3) is 0 Å². The minimum atomic E-state index is -0.839. The van der Waals surface area contributed by atoms with Crippen LogP contribution in [0.25, 0.3) is 0 Å². The van der Waals surface area contributed by atoms with Gasteiger partial charge in [0, 0.05) is 18.6 Å². The maximum atomic E-state index is 10.6. The third-order valence-corrected chi connectivity index (χ3v) is 0.180. The molecule has 0 heterocycles. The van der Waals surface area contributed by atoms with Crippen molar-refractivity contribution in [2.24, 2.45) is 3.79 Å². The number of nitrogens with zero attached hydrogens (tertiary/aromatic N) is 1. The van der Waals surface area contributed by atoms with Gasteiger partial charge in [0.05, 0.1) is 0 Å². The van der Waals surface area contributed by atoms with Crippen LogP contribution in [0.2, 0.25) is 0 Å². The summed E-state index contributed by atoms with van der Waals surface area (Å²) >= 11 is -0.839. The molecule has 0 unspecified atom stereocenters. The molecule has 0 saturated carbocycles. The molecule has 0 fully saturated rings. The van der Waals surface area contributed by atoms with Gasteiger partial charge in [-0.25, -0.2) is 0 Å². The van der Waals surface area contributed by atoms with E-state index in [0.717, 1.165) is 0 Å². The van der Waals surface area contributed by atoms with Crippen LogP contribution in [0.3, 0.4) is 0 Å². The average molecular weight is 150 g/mol. The third kappa shape index (κ3) is 11.4. The first kappa shape index (κ1) is 5.90. The van der Waals surface area contributed by atoms with Gasteiger partial charge in [-0.05, 0) is 0 Å². The van der Waals surface area contributed by atoms with Crippen LogP contribution in [-0.4, -0.2) is 0.879 Å². The molecule has 0 aromatic carbocycles. The first-order valence-corrected chi connectivity index (χ1v) is 1.30. The largest absolute Gasteiger partial charge is 0 e. The van der Waals surface area contributed by atoms with Crippen LogP contribution in [0.1, 0.15) is 0 Å². The Morgan fingerprint density at radius 3 is 2.80 bits per heavy atom. The first-order valence-electron chi connectivity index (χ1n) is 1.12. The second kappa shape index (κ2) is 8.86. The summed E-state index contributed by atoms with van der Waals surface area (Å²) in [6.07, 6.45) is 0. The van der Waals surface area contributed by atoms with Crippen molar-refractivity contribution in [1.82, 2.24) is 0 Å². The predicted octanol–water partition coefficient (Wildman–Crippen LogP) is 0.535. The normalized spacial score (nSPS) is 10.2. The summed E-state index contributed by atoms with van der Waals surface area (Å²) in [6.45, 7) is 0.160. The Bertz CT molecular complexity index is 40.5. The molecule has 0 aromatic rings. The third-order valence-electron chi connectivity index (χ3n) is 0.0436. The van der Waals surface area contributed by atoms with Gasteiger partial charge in [0.15, 0.2) is 0 Å². The first-order chi connectivity index (χ1) is 2.41. The minimum Gasteiger partial charge on any atom is 0 e. The molecule has 1 radical (unpaired) electrons. The molecule has 0 aliphatic rings. The Kier molecular flexibility index (Phi) is 10.5. The van der Waals surface area contributed by atoms with Gasteiger partial charge >= 0.3 is 32.9 Å². The fraction of sp³-hybridized carbons (Fsp3) is 0. The van der Waals surface area contributed by atoms with Crippen LogP contribution in [-0.2, 0) is 35.6 Å². The molecule has 0 aliphatic carbocycles. The standard InChI is InChI=1S/CHFN.2V.H/c2-1-3;;;/h1H;;;/q-1;;;/i;;;1+1. The molecule has 0 spiro atoms. The molecule has 4 heteroatoms. The van der Waals surface area contributed by atoms with Gasteiger partial charge in [-0.15, -0.1) is 0 Å². The molecule has 0 aliphatic heterocycles. The van der Waals surface area contributed by atoms with E-state index in [1.165, 1.54) is 0 Å². The Morgan fingerprint density at radius 1 is 2.20 bits per heavy atom. The summed E-state index contributed by atoms with van der Waals surface area (Å²) < 4.78 is 19.8. The van der Waals surface area contributed by atoms with Crippen LogP contribution in [0.15, 0.2) is 3.79 Å². The molecular weight excluding hydrogens is 147 g/mol. The van der Waals surface area contributed by atoms with E-state index in [9.17, 15) is 4.39 Å². The number of rotatable bonds is 1. The summed E-state index contributed by atoms with van der Waals surface area (Å²) in [6, 6.07) is 0. The quantitative estimate of drug-likeness (QED) is 0.382. The van der Waals surface area contributed by atoms with E-state index >= 15 is 0 Å². The van der Waals surface area contributed by atoms with E-state index in [2.05, 4.69) is 3.79 Å². The van der Waals surface area contributed by atoms with Crippen molar-refractivity contribution >= 4 is 0 Å². The molecule has 0 rings (SSSR count). The summed E-state index contributed by atoms with van der Waals surface area (Å²) in [7, 11) is 0. The van der Waals surface area contributed by atoms with Gasteiger partial charge < -0.3 is 0 Å². The van der Waals surface area contributed by atoms with Crippen LogP contribution < -0.4 is 0 Å². The van der Waals surface area contributed by atoms with E-state index in [0.29, 0.717) is 0 Å². The summed E-state index contributed by atoms with van der Waals surface area (Å²) in [4.78, 5) is 0. The van der Waals surface area contributed by atoms with Gasteiger partial charge in [-0.3, -0.25) is 0 Å². The fourth-order valence-electron chi connectivity index (χ4n) is 0. The summed E-state index contributed by atoms with van der Waals surface area (Å²) in [5.74, 6) is 0. The van der Waals surface area contributed by atoms with Gasteiger partial charge in [-0.2, -0.15) is 0 Å². The zero-order valence-electron chi connectivity index (χ0n) is 3.30. The van der Waals surface area contributed by atoms with Gasteiger partial charge in [0.2, 0.25) is 0 Å². The molecule has 0 aromatic heterocycles. The minimum absolute atomic E-state index is 0. The second-order valence-electron chi connectivity index (χ2n) is 0.213. The maximum Gasteiger partial charge on any atom is 0 e. The zero-order valence-corrected chi connectivity index (χ0v) is 5.09.